The molecule has 0 heterocycles. The first kappa shape index (κ1) is 33.2. The molecule has 0 aromatic heterocycles. The molecule has 0 bridgehead atoms. The van der Waals surface area contributed by atoms with Crippen LogP contribution in [0.25, 0.3) is 0 Å². The fraction of sp³-hybridized carbons (Fsp3) is 0.600. The van der Waals surface area contributed by atoms with Gasteiger partial charge in [0, 0.05) is 16.3 Å². The third-order valence-electron chi connectivity index (χ3n) is 7.79. The topological polar surface area (TPSA) is 72.5 Å². The molecule has 0 saturated heterocycles. The van der Waals surface area contributed by atoms with Crippen molar-refractivity contribution in [2.75, 3.05) is 12.2 Å². The maximum absolute atomic E-state index is 16.7. The summed E-state index contributed by atoms with van der Waals surface area (Å²) in [5.74, 6) is 0.172. The lowest BCUT2D eigenvalue weighted by Crippen LogP contribution is -2.59. The Labute approximate surface area is 244 Å². The van der Waals surface area contributed by atoms with Gasteiger partial charge in [0.1, 0.15) is 16.8 Å². The van der Waals surface area contributed by atoms with Crippen molar-refractivity contribution < 1.29 is 26.1 Å². The van der Waals surface area contributed by atoms with Crippen molar-refractivity contribution in [3.8, 4) is 0 Å². The number of halogens is 2. The largest absolute Gasteiger partial charge is 0.333 e. The van der Waals surface area contributed by atoms with E-state index in [9.17, 15) is 17.0 Å². The van der Waals surface area contributed by atoms with Gasteiger partial charge in [0.25, 0.3) is 0 Å². The van der Waals surface area contributed by atoms with Crippen molar-refractivity contribution in [1.82, 2.24) is 4.72 Å². The minimum absolute atomic E-state index is 0.0305. The highest BCUT2D eigenvalue weighted by molar-refractivity contribution is 7.97. The number of sulfone groups is 1. The first-order valence-corrected chi connectivity index (χ1v) is 18.1. The summed E-state index contributed by atoms with van der Waals surface area (Å²) in [7, 11) is -6.19. The Morgan fingerprint density at radius 3 is 2.08 bits per heavy atom. The van der Waals surface area contributed by atoms with Gasteiger partial charge < -0.3 is 4.74 Å². The van der Waals surface area contributed by atoms with Crippen LogP contribution in [0.1, 0.15) is 72.8 Å². The predicted octanol–water partition coefficient (Wildman–Crippen LogP) is 6.22. The van der Waals surface area contributed by atoms with Crippen LogP contribution in [-0.4, -0.2) is 52.0 Å². The zero-order valence-electron chi connectivity index (χ0n) is 24.6. The Bertz CT molecular complexity index is 1230. The molecular formula is C30H44F2NO4S3+. The molecule has 0 aliphatic heterocycles. The number of ether oxygens (including phenoxy) is 1. The first-order chi connectivity index (χ1) is 18.5. The number of benzene rings is 2. The minimum Gasteiger partial charge on any atom is -0.333 e. The maximum Gasteiger partial charge on any atom is 0.222 e. The third kappa shape index (κ3) is 7.73. The molecule has 40 heavy (non-hydrogen) atoms. The summed E-state index contributed by atoms with van der Waals surface area (Å²) in [6, 6.07) is 12.0. The standard InChI is InChI=1S/C30H44F2NO4S3/c1-28(2,3)38(7)21-37-24-17-19-30(20-18-24,22-13-15-23(31)16-14-22)26(33-39(34)29(4,5)6)27(32)40(35,36)25-11-9-8-10-12-25/h8-16,24,26-27,33H,17-21H2,1-7H3/q+1. The van der Waals surface area contributed by atoms with E-state index in [2.05, 4.69) is 31.7 Å². The lowest BCUT2D eigenvalue weighted by atomic mass is 9.64. The zero-order chi connectivity index (χ0) is 29.9. The van der Waals surface area contributed by atoms with E-state index in [1.54, 1.807) is 51.1 Å². The molecule has 4 unspecified atom stereocenters. The summed E-state index contributed by atoms with van der Waals surface area (Å²) in [4.78, 5) is -0.140. The van der Waals surface area contributed by atoms with Crippen molar-refractivity contribution in [3.05, 3.63) is 66.0 Å². The van der Waals surface area contributed by atoms with Crippen molar-refractivity contribution in [2.45, 2.75) is 105 Å². The van der Waals surface area contributed by atoms with Gasteiger partial charge in [-0.25, -0.2) is 26.1 Å². The number of hydrogen-bond donors (Lipinski definition) is 1. The Morgan fingerprint density at radius 1 is 1.02 bits per heavy atom. The van der Waals surface area contributed by atoms with Crippen LogP contribution in [0.4, 0.5) is 8.78 Å². The van der Waals surface area contributed by atoms with Gasteiger partial charge in [-0.3, -0.25) is 0 Å². The predicted molar refractivity (Wildman–Crippen MR) is 163 cm³/mol. The van der Waals surface area contributed by atoms with Gasteiger partial charge in [0.05, 0.1) is 32.8 Å². The first-order valence-electron chi connectivity index (χ1n) is 13.6. The average Bonchev–Trinajstić information content (AvgIpc) is 2.90. The van der Waals surface area contributed by atoms with Gasteiger partial charge in [-0.15, -0.1) is 0 Å². The second-order valence-corrected chi connectivity index (χ2v) is 19.3. The van der Waals surface area contributed by atoms with Gasteiger partial charge in [0.2, 0.25) is 21.3 Å². The van der Waals surface area contributed by atoms with Crippen LogP contribution in [-0.2, 0) is 41.9 Å². The van der Waals surface area contributed by atoms with Gasteiger partial charge in [-0.1, -0.05) is 30.3 Å². The second kappa shape index (κ2) is 12.9. The molecule has 2 aromatic carbocycles. The number of hydrogen-bond acceptors (Lipinski definition) is 4. The molecule has 1 saturated carbocycles. The van der Waals surface area contributed by atoms with E-state index < -0.39 is 48.3 Å². The molecule has 2 aromatic rings. The molecule has 4 atom stereocenters. The fourth-order valence-electron chi connectivity index (χ4n) is 4.84. The van der Waals surface area contributed by atoms with E-state index in [-0.39, 0.29) is 26.6 Å². The molecule has 10 heteroatoms. The van der Waals surface area contributed by atoms with Gasteiger partial charge in [-0.2, -0.15) is 0 Å². The van der Waals surface area contributed by atoms with Crippen molar-refractivity contribution >= 4 is 31.7 Å². The maximum atomic E-state index is 16.7. The molecular weight excluding hydrogens is 573 g/mol. The van der Waals surface area contributed by atoms with Crippen LogP contribution in [0.5, 0.6) is 0 Å². The molecule has 1 aliphatic carbocycles. The Morgan fingerprint density at radius 2 is 1.57 bits per heavy atom. The van der Waals surface area contributed by atoms with E-state index in [1.807, 2.05) is 0 Å². The van der Waals surface area contributed by atoms with Crippen LogP contribution in [0.3, 0.4) is 0 Å². The highest BCUT2D eigenvalue weighted by Crippen LogP contribution is 2.46. The monoisotopic (exact) mass is 616 g/mol. The summed E-state index contributed by atoms with van der Waals surface area (Å²) < 4.78 is 79.9. The number of rotatable bonds is 10. The lowest BCUT2D eigenvalue weighted by Gasteiger charge is -2.47. The van der Waals surface area contributed by atoms with Crippen LogP contribution in [0.2, 0.25) is 0 Å². The van der Waals surface area contributed by atoms with E-state index in [0.717, 1.165) is 0 Å². The molecule has 3 rings (SSSR count). The highest BCUT2D eigenvalue weighted by atomic mass is 32.2. The smallest absolute Gasteiger partial charge is 0.222 e. The van der Waals surface area contributed by atoms with Gasteiger partial charge in [-0.05, 0) is 97.1 Å². The highest BCUT2D eigenvalue weighted by Gasteiger charge is 2.52. The van der Waals surface area contributed by atoms with Gasteiger partial charge in [0.15, 0.2) is 0 Å². The summed E-state index contributed by atoms with van der Waals surface area (Å²) in [6.07, 6.45) is 4.02. The molecule has 0 amide bonds. The van der Waals surface area contributed by atoms with E-state index in [1.165, 1.54) is 24.3 Å². The van der Waals surface area contributed by atoms with Gasteiger partial charge >= 0.3 is 0 Å². The molecule has 1 N–H and O–H groups in total. The lowest BCUT2D eigenvalue weighted by molar-refractivity contribution is 0.0277. The molecule has 224 valence electrons. The Balaban J connectivity index is 2.04. The van der Waals surface area contributed by atoms with Crippen LogP contribution in [0, 0.1) is 5.82 Å². The molecule has 1 aliphatic rings. The summed E-state index contributed by atoms with van der Waals surface area (Å²) in [5.41, 5.74) is -2.84. The fourth-order valence-corrected chi connectivity index (χ4v) is 8.09. The molecule has 0 radical (unpaired) electrons. The zero-order valence-corrected chi connectivity index (χ0v) is 27.0. The van der Waals surface area contributed by atoms with Crippen LogP contribution >= 0.6 is 0 Å². The number of nitrogens with one attached hydrogen (secondary N) is 1. The van der Waals surface area contributed by atoms with E-state index >= 15 is 4.39 Å². The van der Waals surface area contributed by atoms with Crippen molar-refractivity contribution in [2.24, 2.45) is 0 Å². The Kier molecular flexibility index (Phi) is 10.7. The normalized spacial score (nSPS) is 23.8. The van der Waals surface area contributed by atoms with Crippen molar-refractivity contribution in [1.29, 1.82) is 0 Å². The summed E-state index contributed by atoms with van der Waals surface area (Å²) in [6.45, 7) is 11.8. The van der Waals surface area contributed by atoms with Crippen molar-refractivity contribution in [3.63, 3.8) is 0 Å². The van der Waals surface area contributed by atoms with Crippen LogP contribution in [0.15, 0.2) is 59.5 Å². The molecule has 5 nitrogen and oxygen atoms in total. The summed E-state index contributed by atoms with van der Waals surface area (Å²) in [5, 5.41) is 0. The second-order valence-electron chi connectivity index (χ2n) is 12.6. The number of alkyl halides is 1. The molecule has 1 fully saturated rings. The minimum atomic E-state index is -4.45. The summed E-state index contributed by atoms with van der Waals surface area (Å²) >= 11 is 0. The Hall–Kier alpha value is -1.33. The third-order valence-corrected chi connectivity index (χ3v) is 13.7. The van der Waals surface area contributed by atoms with E-state index in [4.69, 9.17) is 4.74 Å². The molecule has 0 spiro atoms. The average molecular weight is 617 g/mol. The SMILES string of the molecule is C[S+](COC1CCC(c2ccc(F)cc2)(C(NS(=O)C(C)(C)C)C(F)S(=O)(=O)c2ccccc2)CC1)C(C)(C)C. The van der Waals surface area contributed by atoms with E-state index in [0.29, 0.717) is 37.2 Å². The quantitative estimate of drug-likeness (QED) is 0.322. The van der Waals surface area contributed by atoms with Crippen LogP contribution < -0.4 is 4.72 Å².